The first-order chi connectivity index (χ1) is 11.4. The number of esters is 3. The zero-order valence-corrected chi connectivity index (χ0v) is 13.7. The van der Waals surface area contributed by atoms with Crippen LogP contribution < -0.4 is 0 Å². The standard InChI is InChI=1S/C17H24O7/c1-4-14(19)22-10-7-17(13-18,8-11-23-15(20)5-2)9-12-24-16(21)6-3/h4-6,18H,1-3,7-13H2. The van der Waals surface area contributed by atoms with Gasteiger partial charge in [0.2, 0.25) is 0 Å². The maximum atomic E-state index is 11.1. The topological polar surface area (TPSA) is 99.1 Å². The van der Waals surface area contributed by atoms with Gasteiger partial charge >= 0.3 is 17.9 Å². The fourth-order valence-corrected chi connectivity index (χ4v) is 1.89. The Labute approximate surface area is 141 Å². The van der Waals surface area contributed by atoms with Crippen LogP contribution in [0.4, 0.5) is 0 Å². The number of aliphatic hydroxyl groups excluding tert-OH is 1. The third kappa shape index (κ3) is 8.89. The predicted molar refractivity (Wildman–Crippen MR) is 86.8 cm³/mol. The maximum absolute atomic E-state index is 11.1. The van der Waals surface area contributed by atoms with Crippen molar-refractivity contribution in [2.75, 3.05) is 26.4 Å². The van der Waals surface area contributed by atoms with E-state index in [9.17, 15) is 19.5 Å². The van der Waals surface area contributed by atoms with Crippen LogP contribution in [0, 0.1) is 5.41 Å². The van der Waals surface area contributed by atoms with Crippen molar-refractivity contribution in [3.8, 4) is 0 Å². The first-order valence-corrected chi connectivity index (χ1v) is 7.41. The van der Waals surface area contributed by atoms with Gasteiger partial charge in [-0.05, 0) is 19.3 Å². The van der Waals surface area contributed by atoms with Gasteiger partial charge in [0, 0.05) is 30.2 Å². The minimum atomic E-state index is -0.732. The molecule has 0 unspecified atom stereocenters. The molecule has 0 aliphatic carbocycles. The monoisotopic (exact) mass is 340 g/mol. The lowest BCUT2D eigenvalue weighted by Gasteiger charge is -2.31. The molecule has 0 amide bonds. The van der Waals surface area contributed by atoms with Gasteiger partial charge in [-0.3, -0.25) is 0 Å². The highest BCUT2D eigenvalue weighted by atomic mass is 16.5. The SMILES string of the molecule is C=CC(=O)OCCC(CO)(CCOC(=O)C=C)CCOC(=O)C=C. The third-order valence-corrected chi connectivity index (χ3v) is 3.47. The van der Waals surface area contributed by atoms with Gasteiger partial charge in [0.05, 0.1) is 19.8 Å². The number of hydrogen-bond donors (Lipinski definition) is 1. The lowest BCUT2D eigenvalue weighted by Crippen LogP contribution is -2.31. The van der Waals surface area contributed by atoms with Crippen molar-refractivity contribution in [1.82, 2.24) is 0 Å². The Morgan fingerprint density at radius 2 is 1.04 bits per heavy atom. The Bertz CT molecular complexity index is 403. The lowest BCUT2D eigenvalue weighted by molar-refractivity contribution is -0.140. The average Bonchev–Trinajstić information content (AvgIpc) is 2.60. The van der Waals surface area contributed by atoms with Gasteiger partial charge < -0.3 is 19.3 Å². The van der Waals surface area contributed by atoms with E-state index in [0.29, 0.717) is 19.3 Å². The molecule has 0 heterocycles. The summed E-state index contributed by atoms with van der Waals surface area (Å²) >= 11 is 0. The fraction of sp³-hybridized carbons (Fsp3) is 0.471. The molecule has 0 spiro atoms. The smallest absolute Gasteiger partial charge is 0.330 e. The van der Waals surface area contributed by atoms with E-state index >= 15 is 0 Å². The van der Waals surface area contributed by atoms with E-state index in [1.165, 1.54) is 0 Å². The number of carbonyl (C=O) groups is 3. The highest BCUT2D eigenvalue weighted by Gasteiger charge is 2.30. The van der Waals surface area contributed by atoms with Gasteiger partial charge in [0.15, 0.2) is 0 Å². The molecule has 0 fully saturated rings. The van der Waals surface area contributed by atoms with E-state index in [0.717, 1.165) is 18.2 Å². The van der Waals surface area contributed by atoms with E-state index in [2.05, 4.69) is 19.7 Å². The minimum Gasteiger partial charge on any atom is -0.463 e. The van der Waals surface area contributed by atoms with E-state index in [1.807, 2.05) is 0 Å². The lowest BCUT2D eigenvalue weighted by atomic mass is 9.79. The molecular formula is C17H24O7. The summed E-state index contributed by atoms with van der Waals surface area (Å²) in [6.07, 6.45) is 4.04. The molecule has 134 valence electrons. The highest BCUT2D eigenvalue weighted by molar-refractivity contribution is 5.81. The number of carbonyl (C=O) groups excluding carboxylic acids is 3. The number of ether oxygens (including phenoxy) is 3. The van der Waals surface area contributed by atoms with E-state index in [4.69, 9.17) is 14.2 Å². The Kier molecular flexibility index (Phi) is 10.9. The Hall–Kier alpha value is -2.41. The van der Waals surface area contributed by atoms with Crippen LogP contribution in [0.2, 0.25) is 0 Å². The number of rotatable bonds is 13. The molecular weight excluding hydrogens is 316 g/mol. The maximum Gasteiger partial charge on any atom is 0.330 e. The van der Waals surface area contributed by atoms with Crippen molar-refractivity contribution >= 4 is 17.9 Å². The van der Waals surface area contributed by atoms with Gasteiger partial charge in [0.25, 0.3) is 0 Å². The zero-order chi connectivity index (χ0) is 18.4. The molecule has 0 saturated carbocycles. The van der Waals surface area contributed by atoms with Gasteiger partial charge in [-0.25, -0.2) is 14.4 Å². The number of hydrogen-bond acceptors (Lipinski definition) is 7. The Balaban J connectivity index is 4.70. The van der Waals surface area contributed by atoms with Crippen LogP contribution in [0.1, 0.15) is 19.3 Å². The molecule has 0 aromatic heterocycles. The van der Waals surface area contributed by atoms with Crippen LogP contribution in [-0.4, -0.2) is 49.4 Å². The largest absolute Gasteiger partial charge is 0.463 e. The Morgan fingerprint density at radius 1 is 0.750 bits per heavy atom. The summed E-state index contributed by atoms with van der Waals surface area (Å²) in [5, 5.41) is 9.76. The van der Waals surface area contributed by atoms with Crippen molar-refractivity contribution in [3.05, 3.63) is 38.0 Å². The van der Waals surface area contributed by atoms with Crippen LogP contribution in [0.25, 0.3) is 0 Å². The molecule has 0 aliphatic rings. The van der Waals surface area contributed by atoms with E-state index in [1.54, 1.807) is 0 Å². The van der Waals surface area contributed by atoms with Crippen molar-refractivity contribution in [2.24, 2.45) is 5.41 Å². The second-order valence-electron chi connectivity index (χ2n) is 5.02. The van der Waals surface area contributed by atoms with Crippen LogP contribution in [-0.2, 0) is 28.6 Å². The van der Waals surface area contributed by atoms with Gasteiger partial charge in [0.1, 0.15) is 0 Å². The quantitative estimate of drug-likeness (QED) is 0.307. The summed E-state index contributed by atoms with van der Waals surface area (Å²) in [4.78, 5) is 33.3. The van der Waals surface area contributed by atoms with Crippen molar-refractivity contribution in [2.45, 2.75) is 19.3 Å². The van der Waals surface area contributed by atoms with Crippen LogP contribution in [0.5, 0.6) is 0 Å². The molecule has 0 saturated heterocycles. The molecule has 0 rings (SSSR count). The predicted octanol–water partition coefficient (Wildman–Crippen LogP) is 1.32. The molecule has 0 atom stereocenters. The van der Waals surface area contributed by atoms with Crippen molar-refractivity contribution < 1.29 is 33.7 Å². The molecule has 1 N–H and O–H groups in total. The van der Waals surface area contributed by atoms with E-state index in [-0.39, 0.29) is 26.4 Å². The molecule has 24 heavy (non-hydrogen) atoms. The van der Waals surface area contributed by atoms with E-state index < -0.39 is 23.3 Å². The van der Waals surface area contributed by atoms with Crippen molar-refractivity contribution in [1.29, 1.82) is 0 Å². The molecule has 0 bridgehead atoms. The second kappa shape index (κ2) is 12.1. The zero-order valence-electron chi connectivity index (χ0n) is 13.7. The summed E-state index contributed by atoms with van der Waals surface area (Å²) in [7, 11) is 0. The van der Waals surface area contributed by atoms with Gasteiger partial charge in [-0.2, -0.15) is 0 Å². The van der Waals surface area contributed by atoms with Crippen LogP contribution in [0.3, 0.4) is 0 Å². The molecule has 0 aromatic rings. The first kappa shape index (κ1) is 21.6. The normalized spacial score (nSPS) is 10.4. The molecule has 0 aliphatic heterocycles. The summed E-state index contributed by atoms with van der Waals surface area (Å²) < 4.78 is 14.8. The first-order valence-electron chi connectivity index (χ1n) is 7.41. The fourth-order valence-electron chi connectivity index (χ4n) is 1.89. The van der Waals surface area contributed by atoms with Gasteiger partial charge in [-0.15, -0.1) is 0 Å². The number of aliphatic hydroxyl groups is 1. The Morgan fingerprint density at radius 3 is 1.25 bits per heavy atom. The third-order valence-electron chi connectivity index (χ3n) is 3.47. The minimum absolute atomic E-state index is 0.0518. The van der Waals surface area contributed by atoms with Crippen LogP contribution >= 0.6 is 0 Å². The summed E-state index contributed by atoms with van der Waals surface area (Å²) in [6, 6.07) is 0. The summed E-state index contributed by atoms with van der Waals surface area (Å²) in [5.74, 6) is -1.71. The summed E-state index contributed by atoms with van der Waals surface area (Å²) in [6.45, 7) is 9.79. The van der Waals surface area contributed by atoms with Gasteiger partial charge in [-0.1, -0.05) is 19.7 Å². The second-order valence-corrected chi connectivity index (χ2v) is 5.02. The van der Waals surface area contributed by atoms with Crippen molar-refractivity contribution in [3.63, 3.8) is 0 Å². The summed E-state index contributed by atoms with van der Waals surface area (Å²) in [5.41, 5.74) is -0.732. The molecule has 7 heteroatoms. The molecule has 0 radical (unpaired) electrons. The molecule has 0 aromatic carbocycles. The average molecular weight is 340 g/mol. The van der Waals surface area contributed by atoms with Crippen LogP contribution in [0.15, 0.2) is 38.0 Å². The molecule has 7 nitrogen and oxygen atoms in total. The highest BCUT2D eigenvalue weighted by Crippen LogP contribution is 2.31.